The number of methoxy groups -OCH3 is 1. The number of hydrogen-bond acceptors (Lipinski definition) is 3. The van der Waals surface area contributed by atoms with Gasteiger partial charge in [0.1, 0.15) is 0 Å². The summed E-state index contributed by atoms with van der Waals surface area (Å²) in [6.45, 7) is 0.584. The van der Waals surface area contributed by atoms with Crippen molar-refractivity contribution in [2.24, 2.45) is 0 Å². The molecule has 0 bridgehead atoms. The fraction of sp³-hybridized carbons (Fsp3) is 0.267. The standard InChI is InChI=1S/C15H16BrNO2/c1-18-15-10-12(11-16)5-6-14(15)19-9-7-13-4-2-3-8-17-13/h2-6,8,10H,7,9,11H2,1H3. The summed E-state index contributed by atoms with van der Waals surface area (Å²) >= 11 is 3.42. The van der Waals surface area contributed by atoms with Gasteiger partial charge in [-0.15, -0.1) is 0 Å². The number of rotatable bonds is 6. The third kappa shape index (κ3) is 3.96. The SMILES string of the molecule is COc1cc(CBr)ccc1OCCc1ccccn1. The van der Waals surface area contributed by atoms with E-state index in [0.717, 1.165) is 34.5 Å². The Balaban J connectivity index is 1.96. The average Bonchev–Trinajstić information content (AvgIpc) is 2.48. The van der Waals surface area contributed by atoms with Crippen LogP contribution in [-0.4, -0.2) is 18.7 Å². The first-order valence-corrected chi connectivity index (χ1v) is 7.21. The van der Waals surface area contributed by atoms with Gasteiger partial charge in [0.15, 0.2) is 11.5 Å². The van der Waals surface area contributed by atoms with Gasteiger partial charge >= 0.3 is 0 Å². The lowest BCUT2D eigenvalue weighted by atomic mass is 10.2. The van der Waals surface area contributed by atoms with Gasteiger partial charge in [-0.05, 0) is 29.8 Å². The Morgan fingerprint density at radius 3 is 2.74 bits per heavy atom. The first-order chi connectivity index (χ1) is 9.33. The maximum absolute atomic E-state index is 5.75. The first-order valence-electron chi connectivity index (χ1n) is 6.09. The molecule has 0 saturated heterocycles. The molecule has 3 nitrogen and oxygen atoms in total. The highest BCUT2D eigenvalue weighted by Crippen LogP contribution is 2.28. The Morgan fingerprint density at radius 2 is 2.05 bits per heavy atom. The van der Waals surface area contributed by atoms with Gasteiger partial charge in [0.05, 0.1) is 13.7 Å². The van der Waals surface area contributed by atoms with Crippen LogP contribution in [0.15, 0.2) is 42.6 Å². The lowest BCUT2D eigenvalue weighted by Gasteiger charge is -2.11. The maximum atomic E-state index is 5.75. The number of halogens is 1. The van der Waals surface area contributed by atoms with Crippen LogP contribution in [0.25, 0.3) is 0 Å². The summed E-state index contributed by atoms with van der Waals surface area (Å²) < 4.78 is 11.1. The van der Waals surface area contributed by atoms with Crippen molar-refractivity contribution < 1.29 is 9.47 Å². The van der Waals surface area contributed by atoms with E-state index in [0.29, 0.717) is 6.61 Å². The molecule has 0 N–H and O–H groups in total. The summed E-state index contributed by atoms with van der Waals surface area (Å²) in [4.78, 5) is 4.26. The molecule has 0 radical (unpaired) electrons. The van der Waals surface area contributed by atoms with Gasteiger partial charge < -0.3 is 9.47 Å². The number of ether oxygens (including phenoxy) is 2. The van der Waals surface area contributed by atoms with Crippen molar-refractivity contribution in [1.29, 1.82) is 0 Å². The normalized spacial score (nSPS) is 10.2. The molecule has 0 spiro atoms. The lowest BCUT2D eigenvalue weighted by molar-refractivity contribution is 0.296. The van der Waals surface area contributed by atoms with Crippen molar-refractivity contribution in [1.82, 2.24) is 4.98 Å². The average molecular weight is 322 g/mol. The van der Waals surface area contributed by atoms with Crippen LogP contribution in [0.2, 0.25) is 0 Å². The van der Waals surface area contributed by atoms with Crippen molar-refractivity contribution in [2.45, 2.75) is 11.8 Å². The molecular formula is C15H16BrNO2. The molecule has 1 aromatic carbocycles. The van der Waals surface area contributed by atoms with Crippen LogP contribution in [0.3, 0.4) is 0 Å². The second-order valence-corrected chi connectivity index (χ2v) is 4.60. The summed E-state index contributed by atoms with van der Waals surface area (Å²) in [6, 6.07) is 11.8. The molecule has 0 unspecified atom stereocenters. The zero-order chi connectivity index (χ0) is 13.5. The minimum Gasteiger partial charge on any atom is -0.493 e. The quantitative estimate of drug-likeness (QED) is 0.762. The van der Waals surface area contributed by atoms with Crippen LogP contribution in [0, 0.1) is 0 Å². The van der Waals surface area contributed by atoms with E-state index in [2.05, 4.69) is 20.9 Å². The van der Waals surface area contributed by atoms with Gasteiger partial charge in [-0.1, -0.05) is 28.1 Å². The highest BCUT2D eigenvalue weighted by molar-refractivity contribution is 9.08. The van der Waals surface area contributed by atoms with Gasteiger partial charge in [-0.25, -0.2) is 0 Å². The van der Waals surface area contributed by atoms with E-state index in [1.165, 1.54) is 0 Å². The molecule has 0 aliphatic carbocycles. The van der Waals surface area contributed by atoms with Gasteiger partial charge in [-0.2, -0.15) is 0 Å². The lowest BCUT2D eigenvalue weighted by Crippen LogP contribution is -2.04. The third-order valence-electron chi connectivity index (χ3n) is 2.72. The Hall–Kier alpha value is -1.55. The zero-order valence-corrected chi connectivity index (χ0v) is 12.4. The summed E-state index contributed by atoms with van der Waals surface area (Å²) in [7, 11) is 1.65. The van der Waals surface area contributed by atoms with Crippen LogP contribution in [-0.2, 0) is 11.8 Å². The first kappa shape index (κ1) is 13.9. The van der Waals surface area contributed by atoms with Crippen molar-refractivity contribution in [3.63, 3.8) is 0 Å². The second kappa shape index (κ2) is 7.14. The van der Waals surface area contributed by atoms with Crippen LogP contribution >= 0.6 is 15.9 Å². The Morgan fingerprint density at radius 1 is 1.16 bits per heavy atom. The fourth-order valence-electron chi connectivity index (χ4n) is 1.73. The van der Waals surface area contributed by atoms with Gasteiger partial charge in [0.25, 0.3) is 0 Å². The van der Waals surface area contributed by atoms with E-state index in [1.54, 1.807) is 13.3 Å². The maximum Gasteiger partial charge on any atom is 0.161 e. The largest absolute Gasteiger partial charge is 0.493 e. The summed E-state index contributed by atoms with van der Waals surface area (Å²) in [5.41, 5.74) is 2.19. The molecule has 2 aromatic rings. The molecule has 0 aliphatic heterocycles. The summed E-state index contributed by atoms with van der Waals surface area (Å²) in [5.74, 6) is 1.53. The molecule has 0 aliphatic rings. The molecule has 100 valence electrons. The topological polar surface area (TPSA) is 31.4 Å². The van der Waals surface area contributed by atoms with E-state index < -0.39 is 0 Å². The van der Waals surface area contributed by atoms with Gasteiger partial charge in [-0.3, -0.25) is 4.98 Å². The minimum absolute atomic E-state index is 0.584. The van der Waals surface area contributed by atoms with Gasteiger partial charge in [0.2, 0.25) is 0 Å². The van der Waals surface area contributed by atoms with Crippen LogP contribution in [0.4, 0.5) is 0 Å². The minimum atomic E-state index is 0.584. The number of pyridine rings is 1. The fourth-order valence-corrected chi connectivity index (χ4v) is 2.07. The van der Waals surface area contributed by atoms with E-state index in [9.17, 15) is 0 Å². The number of benzene rings is 1. The van der Waals surface area contributed by atoms with Crippen molar-refractivity contribution in [3.8, 4) is 11.5 Å². The molecule has 1 heterocycles. The van der Waals surface area contributed by atoms with E-state index in [1.807, 2.05) is 36.4 Å². The monoisotopic (exact) mass is 321 g/mol. The van der Waals surface area contributed by atoms with Crippen molar-refractivity contribution >= 4 is 15.9 Å². The smallest absolute Gasteiger partial charge is 0.161 e. The number of nitrogens with zero attached hydrogens (tertiary/aromatic N) is 1. The molecule has 19 heavy (non-hydrogen) atoms. The number of aromatic nitrogens is 1. The molecule has 0 fully saturated rings. The van der Waals surface area contributed by atoms with Crippen LogP contribution < -0.4 is 9.47 Å². The molecular weight excluding hydrogens is 306 g/mol. The van der Waals surface area contributed by atoms with Crippen LogP contribution in [0.5, 0.6) is 11.5 Å². The molecule has 4 heteroatoms. The third-order valence-corrected chi connectivity index (χ3v) is 3.37. The molecule has 0 amide bonds. The zero-order valence-electron chi connectivity index (χ0n) is 10.8. The molecule has 0 atom stereocenters. The Bertz CT molecular complexity index is 517. The second-order valence-electron chi connectivity index (χ2n) is 4.04. The highest BCUT2D eigenvalue weighted by Gasteiger charge is 2.05. The number of alkyl halides is 1. The predicted molar refractivity (Wildman–Crippen MR) is 79.1 cm³/mol. The summed E-state index contributed by atoms with van der Waals surface area (Å²) in [5, 5.41) is 0.803. The Kier molecular flexibility index (Phi) is 5.21. The Labute approximate surface area is 121 Å². The van der Waals surface area contributed by atoms with E-state index >= 15 is 0 Å². The highest BCUT2D eigenvalue weighted by atomic mass is 79.9. The molecule has 1 aromatic heterocycles. The van der Waals surface area contributed by atoms with E-state index in [4.69, 9.17) is 9.47 Å². The van der Waals surface area contributed by atoms with Crippen LogP contribution in [0.1, 0.15) is 11.3 Å². The molecule has 2 rings (SSSR count). The van der Waals surface area contributed by atoms with E-state index in [-0.39, 0.29) is 0 Å². The van der Waals surface area contributed by atoms with Crippen molar-refractivity contribution in [3.05, 3.63) is 53.9 Å². The van der Waals surface area contributed by atoms with Crippen molar-refractivity contribution in [2.75, 3.05) is 13.7 Å². The number of hydrogen-bond donors (Lipinski definition) is 0. The van der Waals surface area contributed by atoms with Gasteiger partial charge in [0, 0.05) is 23.6 Å². The summed E-state index contributed by atoms with van der Waals surface area (Å²) in [6.07, 6.45) is 2.57. The predicted octanol–water partition coefficient (Wildman–Crippen LogP) is 3.61. The molecule has 0 saturated carbocycles.